The number of fused-ring (bicyclic) bond motifs is 2. The molecule has 6 heterocycles. The van der Waals surface area contributed by atoms with Crippen molar-refractivity contribution < 1.29 is 65.5 Å². The van der Waals surface area contributed by atoms with Gasteiger partial charge in [-0.2, -0.15) is 8.42 Å². The summed E-state index contributed by atoms with van der Waals surface area (Å²) < 4.78 is 57.6. The number of rotatable bonds is 4. The molecule has 4 bridgehead atoms. The van der Waals surface area contributed by atoms with Gasteiger partial charge in [-0.25, -0.2) is 0 Å². The van der Waals surface area contributed by atoms with Gasteiger partial charge >= 0.3 is 34.3 Å². The standard InChI is InChI=1S/C11H12O5.C10H10O5.H2O4S/c1-14-8(12)5-10-4-7-2-3-11(10,16-7)6-15-9(10)13;11-7(12)4-9-3-6-1-2-10(9,15-6)5-14-8(9)13;1-5(2,3)4/h2-3,7H,4-6H2,1H3;1-2,6H,3-5H2,(H,11,12);(H2,1,2,3,4). The minimum Gasteiger partial charge on any atom is -0.481 e. The molecule has 0 saturated carbocycles. The molecule has 0 radical (unpaired) electrons. The first-order valence-corrected chi connectivity index (χ1v) is 12.2. The molecule has 4 saturated heterocycles. The summed E-state index contributed by atoms with van der Waals surface area (Å²) in [5.74, 6) is -2.16. The molecule has 14 nitrogen and oxygen atoms in total. The highest BCUT2D eigenvalue weighted by Gasteiger charge is 2.71. The van der Waals surface area contributed by atoms with Gasteiger partial charge in [0.25, 0.3) is 0 Å². The van der Waals surface area contributed by atoms with Gasteiger partial charge < -0.3 is 28.8 Å². The molecule has 0 aromatic rings. The van der Waals surface area contributed by atoms with E-state index < -0.39 is 50.3 Å². The number of carboxylic acid groups (broad SMARTS) is 1. The van der Waals surface area contributed by atoms with E-state index in [-0.39, 0.29) is 44.2 Å². The van der Waals surface area contributed by atoms with Crippen LogP contribution in [-0.2, 0) is 53.3 Å². The van der Waals surface area contributed by atoms with E-state index in [0.717, 1.165) is 0 Å². The summed E-state index contributed by atoms with van der Waals surface area (Å²) in [6.45, 7) is 0.349. The van der Waals surface area contributed by atoms with E-state index in [0.29, 0.717) is 12.8 Å². The summed E-state index contributed by atoms with van der Waals surface area (Å²) >= 11 is 0. The summed E-state index contributed by atoms with van der Waals surface area (Å²) in [7, 11) is -3.35. The van der Waals surface area contributed by atoms with Crippen molar-refractivity contribution in [1.82, 2.24) is 0 Å². The van der Waals surface area contributed by atoms with E-state index in [9.17, 15) is 19.2 Å². The van der Waals surface area contributed by atoms with Gasteiger partial charge in [-0.15, -0.1) is 0 Å². The SMILES string of the molecule is COC(=O)CC12CC3C=CC1(COC2=O)O3.O=C(O)CC12CC3C=CC1(COC2=O)O3.O=S(=O)(O)O. The molecule has 198 valence electrons. The maximum atomic E-state index is 11.9. The van der Waals surface area contributed by atoms with Crippen molar-refractivity contribution in [2.24, 2.45) is 10.8 Å². The topological polar surface area (TPSA) is 209 Å². The predicted molar refractivity (Wildman–Crippen MR) is 113 cm³/mol. The number of carboxylic acids is 1. The summed E-state index contributed by atoms with van der Waals surface area (Å²) in [6.07, 6.45) is 8.00. The number of carbonyl (C=O) groups is 4. The number of aliphatic carboxylic acids is 1. The molecule has 0 aromatic carbocycles. The molecular weight excluding hydrogens is 508 g/mol. The van der Waals surface area contributed by atoms with E-state index in [1.165, 1.54) is 7.11 Å². The highest BCUT2D eigenvalue weighted by molar-refractivity contribution is 7.79. The van der Waals surface area contributed by atoms with Crippen molar-refractivity contribution >= 4 is 34.3 Å². The molecule has 0 aromatic heterocycles. The highest BCUT2D eigenvalue weighted by atomic mass is 32.3. The lowest BCUT2D eigenvalue weighted by Crippen LogP contribution is -2.45. The third-order valence-electron chi connectivity index (χ3n) is 7.35. The van der Waals surface area contributed by atoms with Crippen LogP contribution in [0, 0.1) is 10.8 Å². The fourth-order valence-electron chi connectivity index (χ4n) is 5.76. The lowest BCUT2D eigenvalue weighted by atomic mass is 9.68. The Hall–Kier alpha value is -2.85. The van der Waals surface area contributed by atoms with Gasteiger partial charge in [0.1, 0.15) is 35.2 Å². The smallest absolute Gasteiger partial charge is 0.394 e. The number of carbonyl (C=O) groups excluding carboxylic acids is 3. The Morgan fingerprint density at radius 2 is 1.36 bits per heavy atom. The molecule has 2 spiro atoms. The van der Waals surface area contributed by atoms with Crippen molar-refractivity contribution in [1.29, 1.82) is 0 Å². The van der Waals surface area contributed by atoms with Crippen LogP contribution < -0.4 is 0 Å². The lowest BCUT2D eigenvalue weighted by molar-refractivity contribution is -0.154. The first-order valence-electron chi connectivity index (χ1n) is 10.8. The molecule has 15 heteroatoms. The third-order valence-corrected chi connectivity index (χ3v) is 7.35. The van der Waals surface area contributed by atoms with Crippen LogP contribution in [0.1, 0.15) is 25.7 Å². The van der Waals surface area contributed by atoms with Gasteiger partial charge in [-0.3, -0.25) is 28.3 Å². The molecule has 6 aliphatic rings. The Morgan fingerprint density at radius 1 is 0.944 bits per heavy atom. The molecule has 6 atom stereocenters. The summed E-state index contributed by atoms with van der Waals surface area (Å²) in [5, 5.41) is 8.87. The molecular formula is C21H24O14S. The van der Waals surface area contributed by atoms with Crippen molar-refractivity contribution in [3.63, 3.8) is 0 Å². The average molecular weight is 532 g/mol. The van der Waals surface area contributed by atoms with E-state index in [4.69, 9.17) is 41.6 Å². The van der Waals surface area contributed by atoms with Crippen molar-refractivity contribution in [2.45, 2.75) is 49.1 Å². The van der Waals surface area contributed by atoms with Crippen LogP contribution in [0.5, 0.6) is 0 Å². The Bertz CT molecular complexity index is 1150. The van der Waals surface area contributed by atoms with Crippen LogP contribution in [0.2, 0.25) is 0 Å². The normalized spacial score (nSPS) is 39.9. The van der Waals surface area contributed by atoms with Crippen molar-refractivity contribution in [2.75, 3.05) is 20.3 Å². The van der Waals surface area contributed by atoms with Crippen LogP contribution in [0.4, 0.5) is 0 Å². The third kappa shape index (κ3) is 4.10. The Balaban J connectivity index is 0.000000143. The summed E-state index contributed by atoms with van der Waals surface area (Å²) in [5.41, 5.74) is -3.40. The zero-order valence-corrected chi connectivity index (χ0v) is 19.8. The molecule has 36 heavy (non-hydrogen) atoms. The van der Waals surface area contributed by atoms with E-state index >= 15 is 0 Å². The van der Waals surface area contributed by atoms with Crippen LogP contribution >= 0.6 is 0 Å². The fourth-order valence-corrected chi connectivity index (χ4v) is 5.76. The summed E-state index contributed by atoms with van der Waals surface area (Å²) in [6, 6.07) is 0. The molecule has 6 aliphatic heterocycles. The quantitative estimate of drug-likeness (QED) is 0.183. The molecule has 3 N–H and O–H groups in total. The number of esters is 3. The number of methoxy groups -OCH3 is 1. The Morgan fingerprint density at radius 3 is 1.72 bits per heavy atom. The van der Waals surface area contributed by atoms with Gasteiger partial charge in [-0.1, -0.05) is 12.2 Å². The Kier molecular flexibility index (Phi) is 6.28. The maximum absolute atomic E-state index is 11.9. The van der Waals surface area contributed by atoms with Crippen LogP contribution in [-0.4, -0.2) is 90.2 Å². The second-order valence-electron chi connectivity index (χ2n) is 9.31. The molecule has 6 rings (SSSR count). The zero-order chi connectivity index (χ0) is 26.6. The van der Waals surface area contributed by atoms with Crippen LogP contribution in [0.25, 0.3) is 0 Å². The monoisotopic (exact) mass is 532 g/mol. The molecule has 4 fully saturated rings. The second-order valence-corrected chi connectivity index (χ2v) is 10.2. The molecule has 0 aliphatic carbocycles. The minimum atomic E-state index is -4.67. The van der Waals surface area contributed by atoms with Gasteiger partial charge in [0.15, 0.2) is 0 Å². The summed E-state index contributed by atoms with van der Waals surface area (Å²) in [4.78, 5) is 45.8. The number of hydrogen-bond acceptors (Lipinski definition) is 11. The largest absolute Gasteiger partial charge is 0.481 e. The fraction of sp³-hybridized carbons (Fsp3) is 0.619. The van der Waals surface area contributed by atoms with E-state index in [1.807, 2.05) is 18.2 Å². The molecule has 6 unspecified atom stereocenters. The van der Waals surface area contributed by atoms with Gasteiger partial charge in [0.05, 0.1) is 32.2 Å². The van der Waals surface area contributed by atoms with Gasteiger partial charge in [0, 0.05) is 0 Å². The van der Waals surface area contributed by atoms with E-state index in [1.54, 1.807) is 6.08 Å². The zero-order valence-electron chi connectivity index (χ0n) is 18.9. The van der Waals surface area contributed by atoms with Gasteiger partial charge in [-0.05, 0) is 25.0 Å². The number of ether oxygens (including phenoxy) is 5. The highest BCUT2D eigenvalue weighted by Crippen LogP contribution is 2.59. The first kappa shape index (κ1) is 26.2. The maximum Gasteiger partial charge on any atom is 0.394 e. The average Bonchev–Trinajstić information content (AvgIpc) is 3.58. The first-order chi connectivity index (χ1) is 16.7. The second kappa shape index (κ2) is 8.62. The van der Waals surface area contributed by atoms with Crippen LogP contribution in [0.15, 0.2) is 24.3 Å². The van der Waals surface area contributed by atoms with Crippen molar-refractivity contribution in [3.05, 3.63) is 24.3 Å². The minimum absolute atomic E-state index is 0.0309. The Labute approximate surface area is 204 Å². The number of cyclic esters (lactones) is 2. The number of hydrogen-bond donors (Lipinski definition) is 3. The van der Waals surface area contributed by atoms with E-state index in [2.05, 4.69) is 4.74 Å². The molecule has 0 amide bonds. The predicted octanol–water partition coefficient (Wildman–Crippen LogP) is -0.361. The van der Waals surface area contributed by atoms with Crippen molar-refractivity contribution in [3.8, 4) is 0 Å². The van der Waals surface area contributed by atoms with Gasteiger partial charge in [0.2, 0.25) is 0 Å². The van der Waals surface area contributed by atoms with Crippen LogP contribution in [0.3, 0.4) is 0 Å². The lowest BCUT2D eigenvalue weighted by Gasteiger charge is -2.30.